The van der Waals surface area contributed by atoms with Crippen LogP contribution in [-0.4, -0.2) is 10.2 Å². The van der Waals surface area contributed by atoms with Crippen molar-refractivity contribution < 1.29 is 0 Å². The summed E-state index contributed by atoms with van der Waals surface area (Å²) in [5.41, 5.74) is 10.8. The number of nitrogen functional groups attached to an aromatic ring is 1. The SMILES string of the molecule is CCCc1[nH]nc(N)c1-c1ccc(C(C)(C)C)cc1. The Balaban J connectivity index is 2.40. The van der Waals surface area contributed by atoms with E-state index in [2.05, 4.69) is 62.2 Å². The van der Waals surface area contributed by atoms with E-state index >= 15 is 0 Å². The van der Waals surface area contributed by atoms with Crippen LogP contribution in [0.1, 0.15) is 45.4 Å². The van der Waals surface area contributed by atoms with E-state index in [1.165, 1.54) is 5.56 Å². The molecule has 1 aromatic heterocycles. The Bertz CT molecular complexity index is 544. The van der Waals surface area contributed by atoms with Crippen LogP contribution in [0, 0.1) is 0 Å². The van der Waals surface area contributed by atoms with Gasteiger partial charge in [0.15, 0.2) is 5.82 Å². The normalized spacial score (nSPS) is 11.8. The lowest BCUT2D eigenvalue weighted by atomic mass is 9.86. The van der Waals surface area contributed by atoms with Crippen LogP contribution < -0.4 is 5.73 Å². The monoisotopic (exact) mass is 257 g/mol. The van der Waals surface area contributed by atoms with Gasteiger partial charge in [0.25, 0.3) is 0 Å². The molecule has 2 rings (SSSR count). The number of benzene rings is 1. The molecule has 0 amide bonds. The van der Waals surface area contributed by atoms with Crippen molar-refractivity contribution in [1.82, 2.24) is 10.2 Å². The van der Waals surface area contributed by atoms with Crippen LogP contribution in [0.25, 0.3) is 11.1 Å². The fourth-order valence-electron chi connectivity index (χ4n) is 2.28. The molecule has 0 aliphatic heterocycles. The highest BCUT2D eigenvalue weighted by Crippen LogP contribution is 2.31. The number of H-pyrrole nitrogens is 1. The van der Waals surface area contributed by atoms with Crippen molar-refractivity contribution in [2.24, 2.45) is 0 Å². The third kappa shape index (κ3) is 2.80. The van der Waals surface area contributed by atoms with Crippen molar-refractivity contribution in [3.05, 3.63) is 35.5 Å². The molecule has 0 radical (unpaired) electrons. The number of aromatic nitrogens is 2. The van der Waals surface area contributed by atoms with Crippen LogP contribution in [-0.2, 0) is 11.8 Å². The summed E-state index contributed by atoms with van der Waals surface area (Å²) < 4.78 is 0. The van der Waals surface area contributed by atoms with Crippen LogP contribution >= 0.6 is 0 Å². The third-order valence-electron chi connectivity index (χ3n) is 3.41. The minimum atomic E-state index is 0.173. The Kier molecular flexibility index (Phi) is 3.65. The smallest absolute Gasteiger partial charge is 0.153 e. The standard InChI is InChI=1S/C16H23N3/c1-5-6-13-14(15(17)19-18-13)11-7-9-12(10-8-11)16(2,3)4/h7-10H,5-6H2,1-4H3,(H3,17,18,19). The second-order valence-corrected chi connectivity index (χ2v) is 6.04. The first kappa shape index (κ1) is 13.7. The number of nitrogens with one attached hydrogen (secondary N) is 1. The molecule has 3 N–H and O–H groups in total. The van der Waals surface area contributed by atoms with Crippen molar-refractivity contribution in [1.29, 1.82) is 0 Å². The summed E-state index contributed by atoms with van der Waals surface area (Å²) in [5.74, 6) is 0.590. The highest BCUT2D eigenvalue weighted by molar-refractivity contribution is 5.76. The van der Waals surface area contributed by atoms with E-state index in [-0.39, 0.29) is 5.41 Å². The van der Waals surface area contributed by atoms with Gasteiger partial charge < -0.3 is 5.73 Å². The van der Waals surface area contributed by atoms with E-state index in [9.17, 15) is 0 Å². The Morgan fingerprint density at radius 3 is 2.32 bits per heavy atom. The quantitative estimate of drug-likeness (QED) is 0.876. The molecule has 3 heteroatoms. The topological polar surface area (TPSA) is 54.7 Å². The van der Waals surface area contributed by atoms with Crippen molar-refractivity contribution >= 4 is 5.82 Å². The van der Waals surface area contributed by atoms with Gasteiger partial charge in [-0.1, -0.05) is 58.4 Å². The van der Waals surface area contributed by atoms with E-state index in [0.717, 1.165) is 29.7 Å². The lowest BCUT2D eigenvalue weighted by molar-refractivity contribution is 0.590. The molecule has 3 nitrogen and oxygen atoms in total. The number of nitrogens with zero attached hydrogens (tertiary/aromatic N) is 1. The molecule has 1 heterocycles. The molecule has 0 atom stereocenters. The molecule has 0 unspecified atom stereocenters. The predicted octanol–water partition coefficient (Wildman–Crippen LogP) is 3.91. The number of hydrogen-bond acceptors (Lipinski definition) is 2. The molecule has 0 aliphatic rings. The van der Waals surface area contributed by atoms with Crippen LogP contribution in [0.3, 0.4) is 0 Å². The molecule has 0 fully saturated rings. The van der Waals surface area contributed by atoms with Gasteiger partial charge in [-0.2, -0.15) is 5.10 Å². The van der Waals surface area contributed by atoms with E-state index in [1.54, 1.807) is 0 Å². The molecule has 0 saturated carbocycles. The Hall–Kier alpha value is -1.77. The summed E-state index contributed by atoms with van der Waals surface area (Å²) >= 11 is 0. The molecular weight excluding hydrogens is 234 g/mol. The van der Waals surface area contributed by atoms with Gasteiger partial charge in [-0.05, 0) is 23.0 Å². The van der Waals surface area contributed by atoms with Crippen molar-refractivity contribution in [2.75, 3.05) is 5.73 Å². The number of nitrogens with two attached hydrogens (primary N) is 1. The fraction of sp³-hybridized carbons (Fsp3) is 0.438. The maximum atomic E-state index is 5.99. The zero-order valence-corrected chi connectivity index (χ0v) is 12.2. The molecular formula is C16H23N3. The second-order valence-electron chi connectivity index (χ2n) is 6.04. The molecule has 0 bridgehead atoms. The van der Waals surface area contributed by atoms with E-state index in [0.29, 0.717) is 5.82 Å². The zero-order valence-electron chi connectivity index (χ0n) is 12.2. The Morgan fingerprint density at radius 2 is 1.79 bits per heavy atom. The van der Waals surface area contributed by atoms with Gasteiger partial charge in [0.05, 0.1) is 0 Å². The van der Waals surface area contributed by atoms with E-state index in [1.807, 2.05) is 0 Å². The zero-order chi connectivity index (χ0) is 14.0. The third-order valence-corrected chi connectivity index (χ3v) is 3.41. The van der Waals surface area contributed by atoms with Crippen molar-refractivity contribution in [2.45, 2.75) is 46.0 Å². The largest absolute Gasteiger partial charge is 0.382 e. The average molecular weight is 257 g/mol. The molecule has 2 aromatic rings. The van der Waals surface area contributed by atoms with Crippen LogP contribution in [0.15, 0.2) is 24.3 Å². The lowest BCUT2D eigenvalue weighted by Gasteiger charge is -2.19. The lowest BCUT2D eigenvalue weighted by Crippen LogP contribution is -2.10. The summed E-state index contributed by atoms with van der Waals surface area (Å²) in [5, 5.41) is 7.18. The first-order valence-corrected chi connectivity index (χ1v) is 6.87. The molecule has 0 saturated heterocycles. The summed E-state index contributed by atoms with van der Waals surface area (Å²) in [6.45, 7) is 8.81. The van der Waals surface area contributed by atoms with Gasteiger partial charge in [0, 0.05) is 11.3 Å². The van der Waals surface area contributed by atoms with Crippen molar-refractivity contribution in [3.63, 3.8) is 0 Å². The molecule has 0 aliphatic carbocycles. The Labute approximate surface area is 115 Å². The second kappa shape index (κ2) is 5.08. The highest BCUT2D eigenvalue weighted by atomic mass is 15.2. The van der Waals surface area contributed by atoms with Gasteiger partial charge in [0.1, 0.15) is 0 Å². The minimum absolute atomic E-state index is 0.173. The van der Waals surface area contributed by atoms with Gasteiger partial charge in [-0.25, -0.2) is 0 Å². The van der Waals surface area contributed by atoms with Gasteiger partial charge in [-0.3, -0.25) is 5.10 Å². The summed E-state index contributed by atoms with van der Waals surface area (Å²) in [6.07, 6.45) is 2.05. The maximum Gasteiger partial charge on any atom is 0.153 e. The van der Waals surface area contributed by atoms with Crippen LogP contribution in [0.4, 0.5) is 5.82 Å². The molecule has 19 heavy (non-hydrogen) atoms. The fourth-order valence-corrected chi connectivity index (χ4v) is 2.28. The minimum Gasteiger partial charge on any atom is -0.382 e. The van der Waals surface area contributed by atoms with E-state index in [4.69, 9.17) is 5.73 Å². The summed E-state index contributed by atoms with van der Waals surface area (Å²) in [6, 6.07) is 8.64. The first-order valence-electron chi connectivity index (χ1n) is 6.87. The number of hydrogen-bond donors (Lipinski definition) is 2. The van der Waals surface area contributed by atoms with Crippen LogP contribution in [0.5, 0.6) is 0 Å². The maximum absolute atomic E-state index is 5.99. The molecule has 102 valence electrons. The number of rotatable bonds is 3. The van der Waals surface area contributed by atoms with Gasteiger partial charge in [0.2, 0.25) is 0 Å². The van der Waals surface area contributed by atoms with Crippen molar-refractivity contribution in [3.8, 4) is 11.1 Å². The number of aromatic amines is 1. The molecule has 1 aromatic carbocycles. The summed E-state index contributed by atoms with van der Waals surface area (Å²) in [4.78, 5) is 0. The highest BCUT2D eigenvalue weighted by Gasteiger charge is 2.16. The van der Waals surface area contributed by atoms with Crippen LogP contribution in [0.2, 0.25) is 0 Å². The number of aryl methyl sites for hydroxylation is 1. The first-order chi connectivity index (χ1) is 8.93. The predicted molar refractivity (Wildman–Crippen MR) is 81.1 cm³/mol. The average Bonchev–Trinajstić information content (AvgIpc) is 2.70. The summed E-state index contributed by atoms with van der Waals surface area (Å²) in [7, 11) is 0. The van der Waals surface area contributed by atoms with Gasteiger partial charge >= 0.3 is 0 Å². The van der Waals surface area contributed by atoms with E-state index < -0.39 is 0 Å². The number of anilines is 1. The Morgan fingerprint density at radius 1 is 1.16 bits per heavy atom. The molecule has 0 spiro atoms. The van der Waals surface area contributed by atoms with Gasteiger partial charge in [-0.15, -0.1) is 0 Å².